The van der Waals surface area contributed by atoms with Crippen LogP contribution in [0.4, 0.5) is 0 Å². The maximum atomic E-state index is 13.0. The third-order valence-corrected chi connectivity index (χ3v) is 5.97. The molecule has 2 aliphatic rings. The van der Waals surface area contributed by atoms with Crippen LogP contribution in [-0.4, -0.2) is 53.9 Å². The molecule has 2 amide bonds. The molecule has 1 unspecified atom stereocenters. The van der Waals surface area contributed by atoms with Crippen molar-refractivity contribution in [3.63, 3.8) is 0 Å². The summed E-state index contributed by atoms with van der Waals surface area (Å²) in [6, 6.07) is 8.89. The van der Waals surface area contributed by atoms with Gasteiger partial charge in [-0.1, -0.05) is 23.7 Å². The molecule has 0 spiro atoms. The summed E-state index contributed by atoms with van der Waals surface area (Å²) in [4.78, 5) is 39.6. The molecule has 31 heavy (non-hydrogen) atoms. The van der Waals surface area contributed by atoms with Crippen LogP contribution >= 0.6 is 23.4 Å². The van der Waals surface area contributed by atoms with Gasteiger partial charge in [0.2, 0.25) is 0 Å². The van der Waals surface area contributed by atoms with E-state index in [1.54, 1.807) is 36.4 Å². The summed E-state index contributed by atoms with van der Waals surface area (Å²) in [7, 11) is 0. The van der Waals surface area contributed by atoms with Crippen molar-refractivity contribution in [1.29, 1.82) is 0 Å². The van der Waals surface area contributed by atoms with E-state index in [0.29, 0.717) is 58.6 Å². The Kier molecular flexibility index (Phi) is 6.38. The van der Waals surface area contributed by atoms with Gasteiger partial charge in [-0.2, -0.15) is 11.8 Å². The molecule has 0 aliphatic carbocycles. The smallest absolute Gasteiger partial charge is 0.329 e. The topological polar surface area (TPSA) is 82.1 Å². The van der Waals surface area contributed by atoms with Crippen LogP contribution in [0.3, 0.4) is 0 Å². The van der Waals surface area contributed by atoms with Gasteiger partial charge in [0.25, 0.3) is 11.8 Å². The Hall–Kier alpha value is -2.71. The minimum Gasteiger partial charge on any atom is -0.486 e. The Balaban J connectivity index is 1.51. The highest BCUT2D eigenvalue weighted by atomic mass is 35.5. The summed E-state index contributed by atoms with van der Waals surface area (Å²) >= 11 is 7.76. The van der Waals surface area contributed by atoms with E-state index < -0.39 is 23.8 Å². The van der Waals surface area contributed by atoms with Crippen molar-refractivity contribution < 1.29 is 28.6 Å². The number of hydrogen-bond acceptors (Lipinski definition) is 7. The molecule has 0 N–H and O–H groups in total. The second-order valence-electron chi connectivity index (χ2n) is 7.03. The average molecular weight is 462 g/mol. The number of thioether (sulfide) groups is 1. The van der Waals surface area contributed by atoms with Gasteiger partial charge in [-0.05, 0) is 48.3 Å². The zero-order chi connectivity index (χ0) is 22.0. The van der Waals surface area contributed by atoms with Gasteiger partial charge < -0.3 is 14.2 Å². The highest BCUT2D eigenvalue weighted by molar-refractivity contribution is 7.98. The monoisotopic (exact) mass is 461 g/mol. The summed E-state index contributed by atoms with van der Waals surface area (Å²) in [6.45, 7) is 0.746. The molecule has 9 heteroatoms. The van der Waals surface area contributed by atoms with Crippen molar-refractivity contribution in [2.75, 3.05) is 25.2 Å². The van der Waals surface area contributed by atoms with Gasteiger partial charge >= 0.3 is 5.97 Å². The lowest BCUT2D eigenvalue weighted by Gasteiger charge is -2.24. The number of nitrogens with zero attached hydrogens (tertiary/aromatic N) is 1. The first kappa shape index (κ1) is 21.5. The molecule has 0 fully saturated rings. The van der Waals surface area contributed by atoms with E-state index in [4.69, 9.17) is 25.8 Å². The lowest BCUT2D eigenvalue weighted by Crippen LogP contribution is -2.46. The summed E-state index contributed by atoms with van der Waals surface area (Å²) < 4.78 is 16.5. The van der Waals surface area contributed by atoms with Crippen LogP contribution < -0.4 is 9.47 Å². The van der Waals surface area contributed by atoms with Crippen molar-refractivity contribution >= 4 is 41.1 Å². The summed E-state index contributed by atoms with van der Waals surface area (Å²) in [5.74, 6) is -0.0641. The number of ether oxygens (including phenoxy) is 3. The third kappa shape index (κ3) is 4.22. The number of imide groups is 1. The molecule has 0 aromatic heterocycles. The van der Waals surface area contributed by atoms with E-state index in [-0.39, 0.29) is 6.61 Å². The standard InChI is InChI=1S/C22H20ClNO6S/c1-31-9-6-17(24-20(25)14-4-2-3-5-15(14)21(24)26)22(27)30-12-13-10-16(23)19-18(11-13)28-7-8-29-19/h2-5,10-11,17H,6-9,12H2,1H3. The third-order valence-electron chi connectivity index (χ3n) is 5.04. The van der Waals surface area contributed by atoms with Crippen molar-refractivity contribution in [2.45, 2.75) is 19.1 Å². The minimum absolute atomic E-state index is 0.0753. The molecular formula is C22H20ClNO6S. The SMILES string of the molecule is CSCCC(C(=O)OCc1cc(Cl)c2c(c1)OCCO2)N1C(=O)c2ccccc2C1=O. The van der Waals surface area contributed by atoms with Gasteiger partial charge in [-0.15, -0.1) is 0 Å². The normalized spacial score (nSPS) is 15.6. The second-order valence-corrected chi connectivity index (χ2v) is 8.43. The molecule has 0 bridgehead atoms. The molecule has 2 aliphatic heterocycles. The van der Waals surface area contributed by atoms with E-state index >= 15 is 0 Å². The van der Waals surface area contributed by atoms with Crippen LogP contribution in [0.15, 0.2) is 36.4 Å². The predicted octanol–water partition coefficient (Wildman–Crippen LogP) is 3.57. The fourth-order valence-electron chi connectivity index (χ4n) is 3.57. The number of carbonyl (C=O) groups excluding carboxylic acids is 3. The van der Waals surface area contributed by atoms with Gasteiger partial charge in [0, 0.05) is 0 Å². The maximum absolute atomic E-state index is 13.0. The Bertz CT molecular complexity index is 1010. The quantitative estimate of drug-likeness (QED) is 0.460. The van der Waals surface area contributed by atoms with Crippen molar-refractivity contribution in [1.82, 2.24) is 4.90 Å². The number of fused-ring (bicyclic) bond motifs is 2. The number of hydrogen-bond donors (Lipinski definition) is 0. The molecule has 4 rings (SSSR count). The number of benzene rings is 2. The van der Waals surface area contributed by atoms with Gasteiger partial charge in [-0.25, -0.2) is 4.79 Å². The van der Waals surface area contributed by atoms with Gasteiger partial charge in [0.1, 0.15) is 25.9 Å². The summed E-state index contributed by atoms with van der Waals surface area (Å²) in [5.41, 5.74) is 1.22. The maximum Gasteiger partial charge on any atom is 0.329 e. The van der Waals surface area contributed by atoms with E-state index in [9.17, 15) is 14.4 Å². The number of amides is 2. The first-order chi connectivity index (χ1) is 15.0. The summed E-state index contributed by atoms with van der Waals surface area (Å²) in [6.07, 6.45) is 2.19. The van der Waals surface area contributed by atoms with Crippen LogP contribution in [0.2, 0.25) is 5.02 Å². The number of esters is 1. The number of rotatable bonds is 7. The fraction of sp³-hybridized carbons (Fsp3) is 0.318. The number of halogens is 1. The van der Waals surface area contributed by atoms with Crippen molar-refractivity contribution in [2.24, 2.45) is 0 Å². The molecule has 7 nitrogen and oxygen atoms in total. The van der Waals surface area contributed by atoms with E-state index in [1.165, 1.54) is 11.8 Å². The minimum atomic E-state index is -1.01. The molecule has 162 valence electrons. The molecule has 0 radical (unpaired) electrons. The van der Waals surface area contributed by atoms with Gasteiger partial charge in [-0.3, -0.25) is 14.5 Å². The Labute approximate surface area is 188 Å². The summed E-state index contributed by atoms with van der Waals surface area (Å²) in [5, 5.41) is 0.363. The molecular weight excluding hydrogens is 442 g/mol. The second kappa shape index (κ2) is 9.20. The Morgan fingerprint density at radius 1 is 1.16 bits per heavy atom. The van der Waals surface area contributed by atoms with E-state index in [2.05, 4.69) is 0 Å². The van der Waals surface area contributed by atoms with Gasteiger partial charge in [0.05, 0.1) is 16.1 Å². The lowest BCUT2D eigenvalue weighted by atomic mass is 10.1. The molecule has 0 saturated carbocycles. The first-order valence-corrected chi connectivity index (χ1v) is 11.5. The van der Waals surface area contributed by atoms with Crippen LogP contribution in [0.1, 0.15) is 32.7 Å². The predicted molar refractivity (Wildman–Crippen MR) is 116 cm³/mol. The highest BCUT2D eigenvalue weighted by Gasteiger charge is 2.43. The van der Waals surface area contributed by atoms with Crippen LogP contribution in [0.25, 0.3) is 0 Å². The fourth-order valence-corrected chi connectivity index (χ4v) is 4.32. The molecule has 2 aromatic rings. The molecule has 0 saturated heterocycles. The molecule has 1 atom stereocenters. The molecule has 2 heterocycles. The first-order valence-electron chi connectivity index (χ1n) is 9.71. The number of carbonyl (C=O) groups is 3. The average Bonchev–Trinajstić information content (AvgIpc) is 3.03. The Morgan fingerprint density at radius 2 is 1.84 bits per heavy atom. The zero-order valence-electron chi connectivity index (χ0n) is 16.8. The van der Waals surface area contributed by atoms with E-state index in [0.717, 1.165) is 4.90 Å². The largest absolute Gasteiger partial charge is 0.486 e. The zero-order valence-corrected chi connectivity index (χ0v) is 18.3. The van der Waals surface area contributed by atoms with Gasteiger partial charge in [0.15, 0.2) is 11.5 Å². The van der Waals surface area contributed by atoms with Crippen LogP contribution in [-0.2, 0) is 16.1 Å². The Morgan fingerprint density at radius 3 is 2.52 bits per heavy atom. The highest BCUT2D eigenvalue weighted by Crippen LogP contribution is 2.38. The van der Waals surface area contributed by atoms with Crippen LogP contribution in [0.5, 0.6) is 11.5 Å². The molecule has 2 aromatic carbocycles. The van der Waals surface area contributed by atoms with Crippen LogP contribution in [0, 0.1) is 0 Å². The van der Waals surface area contributed by atoms with E-state index in [1.807, 2.05) is 6.26 Å². The lowest BCUT2D eigenvalue weighted by molar-refractivity contribution is -0.149. The van der Waals surface area contributed by atoms with Crippen molar-refractivity contribution in [3.8, 4) is 11.5 Å². The van der Waals surface area contributed by atoms with Crippen molar-refractivity contribution in [3.05, 3.63) is 58.1 Å².